The van der Waals surface area contributed by atoms with Crippen molar-refractivity contribution >= 4 is 23.5 Å². The van der Waals surface area contributed by atoms with Crippen molar-refractivity contribution in [2.24, 2.45) is 15.9 Å². The van der Waals surface area contributed by atoms with E-state index in [4.69, 9.17) is 5.26 Å². The van der Waals surface area contributed by atoms with Gasteiger partial charge in [0.15, 0.2) is 0 Å². The number of hydrogen-bond acceptors (Lipinski definition) is 6. The molecule has 0 N–H and O–H groups in total. The Morgan fingerprint density at radius 1 is 1.46 bits per heavy atom. The molecule has 132 valence electrons. The lowest BCUT2D eigenvalue weighted by Crippen LogP contribution is -2.68. The molecule has 3 heterocycles. The number of aromatic nitrogens is 3. The molecule has 7 nitrogen and oxygen atoms in total. The molecule has 0 saturated heterocycles. The second-order valence-corrected chi connectivity index (χ2v) is 8.77. The predicted octanol–water partition coefficient (Wildman–Crippen LogP) is 2.65. The lowest BCUT2D eigenvalue weighted by molar-refractivity contribution is -0.223. The average Bonchev–Trinajstić information content (AvgIpc) is 3.28. The molecule has 6 rings (SSSR count). The first-order valence-corrected chi connectivity index (χ1v) is 9.61. The summed E-state index contributed by atoms with van der Waals surface area (Å²) in [6.07, 6.45) is 8.59. The van der Waals surface area contributed by atoms with Crippen LogP contribution < -0.4 is 0 Å². The summed E-state index contributed by atoms with van der Waals surface area (Å²) in [4.78, 5) is 17.7. The minimum absolute atomic E-state index is 0.0459. The van der Waals surface area contributed by atoms with Crippen LogP contribution in [0.1, 0.15) is 48.0 Å². The van der Waals surface area contributed by atoms with E-state index < -0.39 is 0 Å². The maximum absolute atomic E-state index is 13.1. The summed E-state index contributed by atoms with van der Waals surface area (Å²) >= 11 is 1.60. The summed E-state index contributed by atoms with van der Waals surface area (Å²) in [6, 6.07) is 2.06. The Morgan fingerprint density at radius 3 is 2.92 bits per heavy atom. The summed E-state index contributed by atoms with van der Waals surface area (Å²) in [5.41, 5.74) is 1.47. The molecule has 3 fully saturated rings. The van der Waals surface area contributed by atoms with Crippen LogP contribution in [0.25, 0.3) is 0 Å². The molecule has 2 bridgehead atoms. The number of thiazole rings is 1. The van der Waals surface area contributed by atoms with Crippen LogP contribution in [-0.2, 0) is 11.3 Å². The molecule has 2 aromatic heterocycles. The lowest BCUT2D eigenvalue weighted by Gasteiger charge is -2.69. The molecule has 1 unspecified atom stereocenters. The Bertz CT molecular complexity index is 947. The fourth-order valence-electron chi connectivity index (χ4n) is 4.83. The summed E-state index contributed by atoms with van der Waals surface area (Å²) in [6.45, 7) is 2.75. The number of nitriles is 1. The summed E-state index contributed by atoms with van der Waals surface area (Å²) in [5, 5.41) is 22.2. The van der Waals surface area contributed by atoms with E-state index in [1.165, 1.54) is 0 Å². The second-order valence-electron chi connectivity index (χ2n) is 7.88. The van der Waals surface area contributed by atoms with Crippen molar-refractivity contribution < 1.29 is 4.79 Å². The highest BCUT2D eigenvalue weighted by Gasteiger charge is 2.72. The number of hydrogen-bond donors (Lipinski definition) is 0. The first-order chi connectivity index (χ1) is 12.5. The largest absolute Gasteiger partial charge is 0.272 e. The number of aryl methyl sites for hydroxylation is 1. The molecule has 1 amide bonds. The van der Waals surface area contributed by atoms with E-state index in [2.05, 4.69) is 21.3 Å². The van der Waals surface area contributed by atoms with Gasteiger partial charge in [-0.25, -0.2) is 9.99 Å². The Labute approximate surface area is 154 Å². The number of carbonyl (C=O) groups is 1. The molecule has 0 radical (unpaired) electrons. The van der Waals surface area contributed by atoms with Gasteiger partial charge in [-0.3, -0.25) is 9.48 Å². The highest BCUT2D eigenvalue weighted by molar-refractivity contribution is 7.09. The van der Waals surface area contributed by atoms with E-state index in [1.54, 1.807) is 28.7 Å². The first kappa shape index (κ1) is 15.7. The molecule has 0 aromatic carbocycles. The second kappa shape index (κ2) is 5.24. The molecule has 1 aliphatic heterocycles. The van der Waals surface area contributed by atoms with Crippen molar-refractivity contribution in [2.75, 3.05) is 0 Å². The molecule has 2 aromatic rings. The van der Waals surface area contributed by atoms with Gasteiger partial charge in [0.2, 0.25) is 5.91 Å². The Balaban J connectivity index is 1.27. The zero-order valence-corrected chi connectivity index (χ0v) is 15.2. The molecular formula is C18H18N6OS. The number of nitrogens with zero attached hydrogens (tertiary/aromatic N) is 6. The van der Waals surface area contributed by atoms with Gasteiger partial charge >= 0.3 is 0 Å². The first-order valence-electron chi connectivity index (χ1n) is 8.73. The van der Waals surface area contributed by atoms with Crippen molar-refractivity contribution in [1.29, 1.82) is 5.26 Å². The van der Waals surface area contributed by atoms with E-state index in [0.29, 0.717) is 5.56 Å². The quantitative estimate of drug-likeness (QED) is 0.832. The average molecular weight is 366 g/mol. The van der Waals surface area contributed by atoms with E-state index in [-0.39, 0.29) is 22.8 Å². The minimum atomic E-state index is -0.253. The van der Waals surface area contributed by atoms with Gasteiger partial charge in [-0.05, 0) is 31.6 Å². The third-order valence-corrected chi connectivity index (χ3v) is 6.88. The SMILES string of the molecule is Cc1csc(C2CC=NN2C(=O)C23CC(Cn4cc(C#N)cn4)(C2)C3)n1. The van der Waals surface area contributed by atoms with Crippen LogP contribution in [-0.4, -0.2) is 31.9 Å². The van der Waals surface area contributed by atoms with Gasteiger partial charge < -0.3 is 0 Å². The van der Waals surface area contributed by atoms with Gasteiger partial charge in [-0.15, -0.1) is 11.3 Å². The fourth-order valence-corrected chi connectivity index (χ4v) is 5.72. The van der Waals surface area contributed by atoms with Crippen LogP contribution >= 0.6 is 11.3 Å². The molecule has 26 heavy (non-hydrogen) atoms. The smallest absolute Gasteiger partial charge is 0.249 e. The topological polar surface area (TPSA) is 87.2 Å². The van der Waals surface area contributed by atoms with Crippen LogP contribution in [0.4, 0.5) is 0 Å². The van der Waals surface area contributed by atoms with Crippen LogP contribution in [0.15, 0.2) is 22.9 Å². The summed E-state index contributed by atoms with van der Waals surface area (Å²) in [5.74, 6) is 0.143. The maximum Gasteiger partial charge on any atom is 0.249 e. The lowest BCUT2D eigenvalue weighted by atomic mass is 9.34. The van der Waals surface area contributed by atoms with E-state index >= 15 is 0 Å². The van der Waals surface area contributed by atoms with Crippen LogP contribution in [0.2, 0.25) is 0 Å². The zero-order valence-electron chi connectivity index (χ0n) is 14.4. The van der Waals surface area contributed by atoms with Crippen LogP contribution in [0, 0.1) is 29.1 Å². The van der Waals surface area contributed by atoms with Crippen LogP contribution in [0.3, 0.4) is 0 Å². The van der Waals surface area contributed by atoms with Gasteiger partial charge in [-0.2, -0.15) is 15.5 Å². The van der Waals surface area contributed by atoms with Gasteiger partial charge in [0.1, 0.15) is 17.1 Å². The number of hydrazone groups is 1. The molecule has 3 saturated carbocycles. The fraction of sp³-hybridized carbons (Fsp3) is 0.500. The Hall–Kier alpha value is -2.53. The monoisotopic (exact) mass is 366 g/mol. The van der Waals surface area contributed by atoms with Crippen molar-refractivity contribution in [3.63, 3.8) is 0 Å². The van der Waals surface area contributed by atoms with Crippen molar-refractivity contribution in [3.05, 3.63) is 34.0 Å². The van der Waals surface area contributed by atoms with E-state index in [1.807, 2.05) is 23.2 Å². The van der Waals surface area contributed by atoms with Gasteiger partial charge in [0.05, 0.1) is 17.2 Å². The maximum atomic E-state index is 13.1. The van der Waals surface area contributed by atoms with Crippen molar-refractivity contribution in [2.45, 2.75) is 45.2 Å². The third-order valence-electron chi connectivity index (χ3n) is 5.81. The Morgan fingerprint density at radius 2 is 2.27 bits per heavy atom. The molecule has 3 aliphatic carbocycles. The number of rotatable bonds is 4. The van der Waals surface area contributed by atoms with Crippen LogP contribution in [0.5, 0.6) is 0 Å². The summed E-state index contributed by atoms with van der Waals surface area (Å²) < 4.78 is 1.83. The Kier molecular flexibility index (Phi) is 3.16. The highest BCUT2D eigenvalue weighted by Crippen LogP contribution is 2.74. The normalized spacial score (nSPS) is 31.4. The van der Waals surface area contributed by atoms with Gasteiger partial charge in [0, 0.05) is 36.5 Å². The standard InChI is InChI=1S/C18H18N6OS/c1-12-7-26-15(22-12)14-2-3-20-24(14)16(25)18-8-17(9-18,10-18)11-23-6-13(4-19)5-21-23/h3,5-7,14H,2,8-11H2,1H3. The van der Waals surface area contributed by atoms with Gasteiger partial charge in [-0.1, -0.05) is 0 Å². The zero-order chi connectivity index (χ0) is 17.9. The minimum Gasteiger partial charge on any atom is -0.272 e. The third kappa shape index (κ3) is 2.16. The molecule has 4 aliphatic rings. The van der Waals surface area contributed by atoms with E-state index in [0.717, 1.165) is 42.9 Å². The summed E-state index contributed by atoms with van der Waals surface area (Å²) in [7, 11) is 0. The highest BCUT2D eigenvalue weighted by atomic mass is 32.1. The number of amides is 1. The molecule has 1 atom stereocenters. The predicted molar refractivity (Wildman–Crippen MR) is 95.2 cm³/mol. The molecule has 8 heteroatoms. The van der Waals surface area contributed by atoms with E-state index in [9.17, 15) is 4.79 Å². The number of carbonyl (C=O) groups excluding carboxylic acids is 1. The van der Waals surface area contributed by atoms with Crippen molar-refractivity contribution in [3.8, 4) is 6.07 Å². The van der Waals surface area contributed by atoms with Gasteiger partial charge in [0.25, 0.3) is 0 Å². The van der Waals surface area contributed by atoms with Crippen molar-refractivity contribution in [1.82, 2.24) is 19.8 Å². The molecule has 0 spiro atoms. The molecular weight excluding hydrogens is 348 g/mol.